The van der Waals surface area contributed by atoms with Gasteiger partial charge in [-0.1, -0.05) is 23.7 Å². The van der Waals surface area contributed by atoms with Crippen LogP contribution in [-0.4, -0.2) is 22.6 Å². The largest absolute Gasteiger partial charge is 0.387 e. The molecule has 0 aliphatic heterocycles. The third-order valence-corrected chi connectivity index (χ3v) is 4.95. The lowest BCUT2D eigenvalue weighted by molar-refractivity contribution is -0.118. The number of hydrogen-bond acceptors (Lipinski definition) is 4. The first kappa shape index (κ1) is 14.5. The van der Waals surface area contributed by atoms with Crippen molar-refractivity contribution in [2.45, 2.75) is 25.2 Å². The van der Waals surface area contributed by atoms with Gasteiger partial charge in [-0.2, -0.15) is 0 Å². The monoisotopic (exact) mass is 322 g/mol. The summed E-state index contributed by atoms with van der Waals surface area (Å²) < 4.78 is 0. The van der Waals surface area contributed by atoms with E-state index in [2.05, 4.69) is 16.4 Å². The van der Waals surface area contributed by atoms with Crippen LogP contribution in [0.5, 0.6) is 0 Å². The lowest BCUT2D eigenvalue weighted by Gasteiger charge is -2.21. The first-order valence-corrected chi connectivity index (χ1v) is 8.02. The molecule has 1 aromatic heterocycles. The molecule has 1 heterocycles. The second kappa shape index (κ2) is 6.13. The third kappa shape index (κ3) is 3.10. The van der Waals surface area contributed by atoms with E-state index in [1.807, 2.05) is 18.2 Å². The van der Waals surface area contributed by atoms with Gasteiger partial charge in [0.05, 0.1) is 5.69 Å². The van der Waals surface area contributed by atoms with Crippen molar-refractivity contribution in [2.75, 3.05) is 11.9 Å². The highest BCUT2D eigenvalue weighted by molar-refractivity contribution is 7.16. The number of aryl methyl sites for hydroxylation is 1. The number of aliphatic hydroxyl groups excluding tert-OH is 1. The van der Waals surface area contributed by atoms with Crippen LogP contribution in [0, 0.1) is 0 Å². The lowest BCUT2D eigenvalue weighted by Crippen LogP contribution is -2.15. The van der Waals surface area contributed by atoms with Gasteiger partial charge in [0.2, 0.25) is 0 Å². The number of carbonyl (C=O) groups excluding carboxylic acids is 1. The Morgan fingerprint density at radius 1 is 1.52 bits per heavy atom. The van der Waals surface area contributed by atoms with E-state index in [0.29, 0.717) is 5.13 Å². The minimum atomic E-state index is -0.526. The summed E-state index contributed by atoms with van der Waals surface area (Å²) in [6.45, 7) is -0.526. The molecule has 0 bridgehead atoms. The zero-order valence-corrected chi connectivity index (χ0v) is 12.9. The molecule has 0 radical (unpaired) electrons. The van der Waals surface area contributed by atoms with E-state index in [1.165, 1.54) is 21.8 Å². The van der Waals surface area contributed by atoms with Crippen LogP contribution >= 0.6 is 22.9 Å². The standard InChI is InChI=1S/C15H15ClN2O2S/c16-10-4-1-3-9(7-10)11-5-2-6-12-14(11)21-15(17-12)18-13(20)8-19/h1,3-4,7,11,19H,2,5-6,8H2,(H,17,18,20). The summed E-state index contributed by atoms with van der Waals surface area (Å²) >= 11 is 7.58. The number of benzene rings is 1. The van der Waals surface area contributed by atoms with Crippen LogP contribution < -0.4 is 5.32 Å². The normalized spacial score (nSPS) is 17.3. The molecule has 0 saturated carbocycles. The molecule has 6 heteroatoms. The van der Waals surface area contributed by atoms with E-state index in [4.69, 9.17) is 16.7 Å². The average molecular weight is 323 g/mol. The van der Waals surface area contributed by atoms with E-state index in [-0.39, 0.29) is 5.92 Å². The quantitative estimate of drug-likeness (QED) is 0.912. The molecule has 1 aliphatic carbocycles. The highest BCUT2D eigenvalue weighted by Crippen LogP contribution is 2.41. The Morgan fingerprint density at radius 3 is 3.14 bits per heavy atom. The van der Waals surface area contributed by atoms with Crippen molar-refractivity contribution in [3.8, 4) is 0 Å². The number of thiazole rings is 1. The number of aromatic nitrogens is 1. The Kier molecular flexibility index (Phi) is 4.24. The number of rotatable bonds is 3. The summed E-state index contributed by atoms with van der Waals surface area (Å²) in [5.41, 5.74) is 2.23. The predicted molar refractivity (Wildman–Crippen MR) is 84.1 cm³/mol. The Hall–Kier alpha value is -1.43. The first-order chi connectivity index (χ1) is 10.2. The minimum absolute atomic E-state index is 0.282. The zero-order valence-electron chi connectivity index (χ0n) is 11.3. The van der Waals surface area contributed by atoms with Gasteiger partial charge in [-0.3, -0.25) is 10.1 Å². The third-order valence-electron chi connectivity index (χ3n) is 3.59. The first-order valence-electron chi connectivity index (χ1n) is 6.83. The predicted octanol–water partition coefficient (Wildman–Crippen LogP) is 3.20. The topological polar surface area (TPSA) is 62.2 Å². The van der Waals surface area contributed by atoms with Crippen LogP contribution in [0.2, 0.25) is 5.02 Å². The maximum absolute atomic E-state index is 11.3. The highest BCUT2D eigenvalue weighted by Gasteiger charge is 2.26. The van der Waals surface area contributed by atoms with Crippen molar-refractivity contribution >= 4 is 34.0 Å². The maximum Gasteiger partial charge on any atom is 0.251 e. The lowest BCUT2D eigenvalue weighted by atomic mass is 9.86. The minimum Gasteiger partial charge on any atom is -0.387 e. The Morgan fingerprint density at radius 2 is 2.38 bits per heavy atom. The summed E-state index contributed by atoms with van der Waals surface area (Å²) in [4.78, 5) is 16.9. The summed E-state index contributed by atoms with van der Waals surface area (Å²) in [7, 11) is 0. The van der Waals surface area contributed by atoms with Gasteiger partial charge in [-0.25, -0.2) is 4.98 Å². The van der Waals surface area contributed by atoms with E-state index >= 15 is 0 Å². The molecule has 4 nitrogen and oxygen atoms in total. The van der Waals surface area contributed by atoms with Crippen molar-refractivity contribution in [1.82, 2.24) is 4.98 Å². The molecule has 1 amide bonds. The van der Waals surface area contributed by atoms with Gasteiger partial charge >= 0.3 is 0 Å². The van der Waals surface area contributed by atoms with E-state index in [9.17, 15) is 4.79 Å². The number of anilines is 1. The number of hydrogen-bond donors (Lipinski definition) is 2. The van der Waals surface area contributed by atoms with Crippen LogP contribution in [-0.2, 0) is 11.2 Å². The molecule has 21 heavy (non-hydrogen) atoms. The van der Waals surface area contributed by atoms with E-state index in [1.54, 1.807) is 0 Å². The summed E-state index contributed by atoms with van der Waals surface area (Å²) in [6, 6.07) is 7.90. The summed E-state index contributed by atoms with van der Waals surface area (Å²) in [5.74, 6) is -0.148. The number of aliphatic hydroxyl groups is 1. The fourth-order valence-corrected chi connectivity index (χ4v) is 4.06. The fourth-order valence-electron chi connectivity index (χ4n) is 2.67. The van der Waals surface area contributed by atoms with Crippen LogP contribution in [0.25, 0.3) is 0 Å². The molecule has 1 unspecified atom stereocenters. The van der Waals surface area contributed by atoms with Crippen LogP contribution in [0.1, 0.15) is 34.9 Å². The molecule has 0 fully saturated rings. The van der Waals surface area contributed by atoms with Crippen molar-refractivity contribution in [3.05, 3.63) is 45.4 Å². The van der Waals surface area contributed by atoms with E-state index < -0.39 is 12.5 Å². The molecule has 1 aliphatic rings. The van der Waals surface area contributed by atoms with Gasteiger partial charge in [0.15, 0.2) is 5.13 Å². The number of nitrogens with one attached hydrogen (secondary N) is 1. The van der Waals surface area contributed by atoms with Crippen molar-refractivity contribution in [1.29, 1.82) is 0 Å². The van der Waals surface area contributed by atoms with Crippen LogP contribution in [0.4, 0.5) is 5.13 Å². The van der Waals surface area contributed by atoms with Crippen LogP contribution in [0.3, 0.4) is 0 Å². The van der Waals surface area contributed by atoms with Gasteiger partial charge in [-0.05, 0) is 37.0 Å². The molecule has 1 aromatic carbocycles. The SMILES string of the molecule is O=C(CO)Nc1nc2c(s1)C(c1cccc(Cl)c1)CCC2. The van der Waals surface area contributed by atoms with Gasteiger partial charge < -0.3 is 5.11 Å². The number of nitrogens with zero attached hydrogens (tertiary/aromatic N) is 1. The second-order valence-electron chi connectivity index (χ2n) is 5.04. The molecule has 2 N–H and O–H groups in total. The Balaban J connectivity index is 1.92. The van der Waals surface area contributed by atoms with E-state index in [0.717, 1.165) is 30.0 Å². The van der Waals surface area contributed by atoms with Gasteiger partial charge in [0, 0.05) is 15.8 Å². The van der Waals surface area contributed by atoms with Gasteiger partial charge in [0.25, 0.3) is 5.91 Å². The van der Waals surface area contributed by atoms with Crippen LogP contribution in [0.15, 0.2) is 24.3 Å². The van der Waals surface area contributed by atoms with Crippen molar-refractivity contribution in [3.63, 3.8) is 0 Å². The number of halogens is 1. The smallest absolute Gasteiger partial charge is 0.251 e. The number of carbonyl (C=O) groups is 1. The Labute approximate surface area is 131 Å². The number of amides is 1. The second-order valence-corrected chi connectivity index (χ2v) is 6.50. The Bertz CT molecular complexity index is 671. The molecule has 0 spiro atoms. The molecule has 0 saturated heterocycles. The molecule has 2 aromatic rings. The molecular weight excluding hydrogens is 308 g/mol. The fraction of sp³-hybridized carbons (Fsp3) is 0.333. The van der Waals surface area contributed by atoms with Crippen molar-refractivity contribution < 1.29 is 9.90 Å². The number of fused-ring (bicyclic) bond motifs is 1. The maximum atomic E-state index is 11.3. The van der Waals surface area contributed by atoms with Gasteiger partial charge in [0.1, 0.15) is 6.61 Å². The highest BCUT2D eigenvalue weighted by atomic mass is 35.5. The molecule has 110 valence electrons. The molecule has 1 atom stereocenters. The zero-order chi connectivity index (χ0) is 14.8. The summed E-state index contributed by atoms with van der Waals surface area (Å²) in [5, 5.41) is 12.7. The van der Waals surface area contributed by atoms with Crippen molar-refractivity contribution in [2.24, 2.45) is 0 Å². The molecule has 3 rings (SSSR count). The summed E-state index contributed by atoms with van der Waals surface area (Å²) in [6.07, 6.45) is 3.06. The molecular formula is C15H15ClN2O2S. The van der Waals surface area contributed by atoms with Gasteiger partial charge in [-0.15, -0.1) is 11.3 Å². The average Bonchev–Trinajstić information content (AvgIpc) is 2.89.